The van der Waals surface area contributed by atoms with E-state index in [-0.39, 0.29) is 18.4 Å². The molecule has 3 N–H and O–H groups in total. The van der Waals surface area contributed by atoms with Crippen molar-refractivity contribution in [2.75, 3.05) is 6.61 Å². The molecular formula is C16H26O4. The van der Waals surface area contributed by atoms with E-state index in [1.54, 1.807) is 6.92 Å². The second-order valence-electron chi connectivity index (χ2n) is 5.77. The number of phenolic OH excluding ortho intramolecular Hbond substituents is 1. The summed E-state index contributed by atoms with van der Waals surface area (Å²) in [5.41, 5.74) is 2.50. The summed E-state index contributed by atoms with van der Waals surface area (Å²) in [4.78, 5) is 10.6. The van der Waals surface area contributed by atoms with Gasteiger partial charge in [0.1, 0.15) is 5.75 Å². The molecule has 4 heteroatoms. The number of phenols is 1. The minimum absolute atomic E-state index is 0.119. The van der Waals surface area contributed by atoms with Crippen LogP contribution < -0.4 is 0 Å². The number of aromatic hydroxyl groups is 1. The number of benzene rings is 1. The summed E-state index contributed by atoms with van der Waals surface area (Å²) in [5.74, 6) is -0.482. The summed E-state index contributed by atoms with van der Waals surface area (Å²) in [6, 6.07) is 3.76. The van der Waals surface area contributed by atoms with Crippen LogP contribution in [0.25, 0.3) is 0 Å². The topological polar surface area (TPSA) is 77.8 Å². The van der Waals surface area contributed by atoms with Crippen LogP contribution in [0, 0.1) is 6.92 Å². The summed E-state index contributed by atoms with van der Waals surface area (Å²) in [6.07, 6.45) is 0.618. The second kappa shape index (κ2) is 7.90. The van der Waals surface area contributed by atoms with Gasteiger partial charge in [0, 0.05) is 13.0 Å². The highest BCUT2D eigenvalue weighted by molar-refractivity contribution is 5.67. The number of aliphatic hydroxyl groups excluding tert-OH is 1. The zero-order valence-electron chi connectivity index (χ0n) is 13.0. The lowest BCUT2D eigenvalue weighted by Crippen LogP contribution is -2.12. The van der Waals surface area contributed by atoms with E-state index in [1.807, 2.05) is 39.8 Å². The lowest BCUT2D eigenvalue weighted by molar-refractivity contribution is -0.136. The molecule has 0 radical (unpaired) electrons. The molecule has 1 aromatic rings. The van der Waals surface area contributed by atoms with Gasteiger partial charge in [0.25, 0.3) is 0 Å². The van der Waals surface area contributed by atoms with Crippen LogP contribution in [0.5, 0.6) is 5.75 Å². The van der Waals surface area contributed by atoms with E-state index in [4.69, 9.17) is 10.2 Å². The molecule has 0 aliphatic carbocycles. The Labute approximate surface area is 121 Å². The molecule has 114 valence electrons. The number of carboxylic acids is 1. The van der Waals surface area contributed by atoms with Crippen molar-refractivity contribution in [1.29, 1.82) is 0 Å². The van der Waals surface area contributed by atoms with Crippen molar-refractivity contribution in [3.63, 3.8) is 0 Å². The van der Waals surface area contributed by atoms with Gasteiger partial charge in [-0.05, 0) is 42.4 Å². The van der Waals surface area contributed by atoms with Gasteiger partial charge < -0.3 is 15.3 Å². The molecule has 0 heterocycles. The molecule has 0 aromatic heterocycles. The van der Waals surface area contributed by atoms with E-state index in [0.29, 0.717) is 12.2 Å². The Bertz CT molecular complexity index is 445. The van der Waals surface area contributed by atoms with Crippen molar-refractivity contribution in [2.24, 2.45) is 0 Å². The molecule has 0 bridgehead atoms. The number of aliphatic carboxylic acids is 1. The molecule has 0 aliphatic heterocycles. The minimum Gasteiger partial charge on any atom is -0.507 e. The van der Waals surface area contributed by atoms with Crippen LogP contribution in [0.1, 0.15) is 50.8 Å². The maximum atomic E-state index is 10.6. The van der Waals surface area contributed by atoms with Gasteiger partial charge in [-0.3, -0.25) is 4.79 Å². The van der Waals surface area contributed by atoms with Gasteiger partial charge in [0.05, 0.1) is 0 Å². The predicted molar refractivity (Wildman–Crippen MR) is 80.3 cm³/mol. The molecule has 0 spiro atoms. The van der Waals surface area contributed by atoms with Crippen molar-refractivity contribution in [3.05, 3.63) is 28.8 Å². The molecule has 0 amide bonds. The molecule has 0 atom stereocenters. The van der Waals surface area contributed by atoms with Crippen LogP contribution in [0.3, 0.4) is 0 Å². The number of rotatable bonds is 3. The van der Waals surface area contributed by atoms with Crippen molar-refractivity contribution in [1.82, 2.24) is 0 Å². The summed E-state index contributed by atoms with van der Waals surface area (Å²) < 4.78 is 0. The molecule has 0 saturated carbocycles. The third kappa shape index (κ3) is 6.06. The van der Waals surface area contributed by atoms with Gasteiger partial charge in [0.2, 0.25) is 0 Å². The largest absolute Gasteiger partial charge is 0.507 e. The van der Waals surface area contributed by atoms with E-state index in [2.05, 4.69) is 0 Å². The Balaban J connectivity index is 0.00000110. The standard InChI is InChI=1S/C14H20O3.C2H6O/c1-9-7-10(5-6-12(15)16)8-11(13(9)17)14(2,3)4;1-2-3/h7-8,17H,5-6H2,1-4H3,(H,15,16);3H,2H2,1H3. The van der Waals surface area contributed by atoms with E-state index < -0.39 is 5.97 Å². The third-order valence-corrected chi connectivity index (χ3v) is 2.80. The van der Waals surface area contributed by atoms with Gasteiger partial charge in [0.15, 0.2) is 0 Å². The highest BCUT2D eigenvalue weighted by Gasteiger charge is 2.20. The van der Waals surface area contributed by atoms with Crippen molar-refractivity contribution >= 4 is 5.97 Å². The van der Waals surface area contributed by atoms with E-state index in [9.17, 15) is 9.90 Å². The van der Waals surface area contributed by atoms with Gasteiger partial charge in [-0.25, -0.2) is 0 Å². The Morgan fingerprint density at radius 2 is 1.75 bits per heavy atom. The number of aryl methyl sites for hydroxylation is 2. The molecule has 0 unspecified atom stereocenters. The van der Waals surface area contributed by atoms with Gasteiger partial charge in [-0.15, -0.1) is 0 Å². The Hall–Kier alpha value is -1.55. The van der Waals surface area contributed by atoms with E-state index >= 15 is 0 Å². The fourth-order valence-electron chi connectivity index (χ4n) is 1.82. The number of carboxylic acid groups (broad SMARTS) is 1. The first-order chi connectivity index (χ1) is 9.13. The normalized spacial score (nSPS) is 10.7. The summed E-state index contributed by atoms with van der Waals surface area (Å²) in [6.45, 7) is 9.86. The Morgan fingerprint density at radius 1 is 1.25 bits per heavy atom. The SMILES string of the molecule is CCO.Cc1cc(CCC(=O)O)cc(C(C)(C)C)c1O. The van der Waals surface area contributed by atoms with Gasteiger partial charge >= 0.3 is 5.97 Å². The maximum Gasteiger partial charge on any atom is 0.303 e. The van der Waals surface area contributed by atoms with Crippen molar-refractivity contribution in [3.8, 4) is 5.75 Å². The fraction of sp³-hybridized carbons (Fsp3) is 0.562. The Morgan fingerprint density at radius 3 is 2.15 bits per heavy atom. The lowest BCUT2D eigenvalue weighted by Gasteiger charge is -2.22. The smallest absolute Gasteiger partial charge is 0.303 e. The Kier molecular flexibility index (Phi) is 7.29. The molecule has 1 aromatic carbocycles. The highest BCUT2D eigenvalue weighted by Crippen LogP contribution is 2.34. The highest BCUT2D eigenvalue weighted by atomic mass is 16.4. The van der Waals surface area contributed by atoms with Gasteiger partial charge in [-0.2, -0.15) is 0 Å². The molecule has 0 aliphatic rings. The van der Waals surface area contributed by atoms with Crippen molar-refractivity contribution in [2.45, 2.75) is 52.9 Å². The average Bonchev–Trinajstić information content (AvgIpc) is 2.30. The molecule has 4 nitrogen and oxygen atoms in total. The van der Waals surface area contributed by atoms with E-state index in [0.717, 1.165) is 16.7 Å². The van der Waals surface area contributed by atoms with Crippen LogP contribution in [-0.4, -0.2) is 27.9 Å². The lowest BCUT2D eigenvalue weighted by atomic mass is 9.83. The third-order valence-electron chi connectivity index (χ3n) is 2.80. The van der Waals surface area contributed by atoms with Crippen LogP contribution in [0.2, 0.25) is 0 Å². The monoisotopic (exact) mass is 282 g/mol. The van der Waals surface area contributed by atoms with Crippen LogP contribution >= 0.6 is 0 Å². The molecule has 0 saturated heterocycles. The molecular weight excluding hydrogens is 256 g/mol. The quantitative estimate of drug-likeness (QED) is 0.796. The van der Waals surface area contributed by atoms with Crippen LogP contribution in [0.15, 0.2) is 12.1 Å². The van der Waals surface area contributed by atoms with Crippen LogP contribution in [-0.2, 0) is 16.6 Å². The first-order valence-corrected chi connectivity index (χ1v) is 6.79. The maximum absolute atomic E-state index is 10.6. The molecule has 1 rings (SSSR count). The zero-order chi connectivity index (χ0) is 15.9. The fourth-order valence-corrected chi connectivity index (χ4v) is 1.82. The summed E-state index contributed by atoms with van der Waals surface area (Å²) in [5, 5.41) is 26.3. The number of hydrogen-bond acceptors (Lipinski definition) is 3. The zero-order valence-corrected chi connectivity index (χ0v) is 13.0. The van der Waals surface area contributed by atoms with Gasteiger partial charge in [-0.1, -0.05) is 32.9 Å². The number of hydrogen-bond donors (Lipinski definition) is 3. The van der Waals surface area contributed by atoms with E-state index in [1.165, 1.54) is 0 Å². The molecule has 0 fully saturated rings. The summed E-state index contributed by atoms with van der Waals surface area (Å²) >= 11 is 0. The molecule has 20 heavy (non-hydrogen) atoms. The second-order valence-corrected chi connectivity index (χ2v) is 5.77. The predicted octanol–water partition coefficient (Wildman–Crippen LogP) is 3.01. The van der Waals surface area contributed by atoms with Crippen LogP contribution in [0.4, 0.5) is 0 Å². The number of aliphatic hydroxyl groups is 1. The number of carbonyl (C=O) groups is 1. The summed E-state index contributed by atoms with van der Waals surface area (Å²) in [7, 11) is 0. The first kappa shape index (κ1) is 18.4. The average molecular weight is 282 g/mol. The van der Waals surface area contributed by atoms with Crippen molar-refractivity contribution < 1.29 is 20.1 Å². The first-order valence-electron chi connectivity index (χ1n) is 6.79. The minimum atomic E-state index is -0.798.